The van der Waals surface area contributed by atoms with Crippen molar-refractivity contribution < 1.29 is 23.4 Å². The lowest BCUT2D eigenvalue weighted by atomic mass is 9.94. The summed E-state index contributed by atoms with van der Waals surface area (Å²) in [5.41, 5.74) is 2.28. The number of rotatable bonds is 8. The van der Waals surface area contributed by atoms with Crippen molar-refractivity contribution in [3.63, 3.8) is 0 Å². The number of halogens is 1. The number of ether oxygens (including phenoxy) is 2. The SMILES string of the molecule is O=c1[nH]cnc(C(CNCCF)Cc2ccc(-c3cc4cc5c(cc4o3)OCO5)cc2)c1O. The Morgan fingerprint density at radius 3 is 2.73 bits per heavy atom. The van der Waals surface area contributed by atoms with E-state index in [4.69, 9.17) is 13.9 Å². The third kappa shape index (κ3) is 4.27. The summed E-state index contributed by atoms with van der Waals surface area (Å²) in [5, 5.41) is 14.1. The molecule has 1 atom stereocenters. The second-order valence-corrected chi connectivity index (χ2v) is 7.81. The topological polar surface area (TPSA) is 110 Å². The normalized spacial score (nSPS) is 13.5. The van der Waals surface area contributed by atoms with Gasteiger partial charge in [0.15, 0.2) is 11.5 Å². The van der Waals surface area contributed by atoms with Gasteiger partial charge in [0, 0.05) is 36.0 Å². The maximum Gasteiger partial charge on any atom is 0.293 e. The zero-order chi connectivity index (χ0) is 22.8. The molecule has 0 fully saturated rings. The van der Waals surface area contributed by atoms with Gasteiger partial charge in [-0.3, -0.25) is 4.79 Å². The number of aromatic nitrogens is 2. The molecule has 3 heterocycles. The van der Waals surface area contributed by atoms with Crippen LogP contribution in [0, 0.1) is 0 Å². The van der Waals surface area contributed by atoms with E-state index in [9.17, 15) is 14.3 Å². The van der Waals surface area contributed by atoms with Crippen LogP contribution in [-0.4, -0.2) is 41.6 Å². The number of nitrogens with zero attached hydrogens (tertiary/aromatic N) is 1. The summed E-state index contributed by atoms with van der Waals surface area (Å²) < 4.78 is 29.4. The first kappa shape index (κ1) is 21.0. The largest absolute Gasteiger partial charge is 0.502 e. The van der Waals surface area contributed by atoms with E-state index in [2.05, 4.69) is 15.3 Å². The van der Waals surface area contributed by atoms with E-state index in [1.165, 1.54) is 6.33 Å². The zero-order valence-corrected chi connectivity index (χ0v) is 17.6. The Bertz CT molecular complexity index is 1290. The van der Waals surface area contributed by atoms with Gasteiger partial charge in [0.2, 0.25) is 12.5 Å². The summed E-state index contributed by atoms with van der Waals surface area (Å²) in [6.07, 6.45) is 1.77. The van der Waals surface area contributed by atoms with E-state index >= 15 is 0 Å². The summed E-state index contributed by atoms with van der Waals surface area (Å²) in [4.78, 5) is 18.3. The molecule has 1 unspecified atom stereocenters. The van der Waals surface area contributed by atoms with Crippen LogP contribution in [0.1, 0.15) is 17.2 Å². The fourth-order valence-corrected chi connectivity index (χ4v) is 3.97. The molecule has 9 heteroatoms. The van der Waals surface area contributed by atoms with Crippen LogP contribution in [0.2, 0.25) is 0 Å². The number of nitrogens with one attached hydrogen (secondary N) is 2. The highest BCUT2D eigenvalue weighted by molar-refractivity contribution is 5.86. The minimum Gasteiger partial charge on any atom is -0.502 e. The summed E-state index contributed by atoms with van der Waals surface area (Å²) >= 11 is 0. The van der Waals surface area contributed by atoms with Crippen LogP contribution in [0.5, 0.6) is 17.2 Å². The highest BCUT2D eigenvalue weighted by Crippen LogP contribution is 2.39. The molecular weight excluding hydrogens is 429 g/mol. The monoisotopic (exact) mass is 451 g/mol. The highest BCUT2D eigenvalue weighted by atomic mass is 19.1. The molecule has 0 amide bonds. The molecule has 3 N–H and O–H groups in total. The fraction of sp³-hybridized carbons (Fsp3) is 0.250. The molecule has 2 aromatic carbocycles. The molecule has 8 nitrogen and oxygen atoms in total. The second kappa shape index (κ2) is 8.95. The van der Waals surface area contributed by atoms with Crippen molar-refractivity contribution in [2.75, 3.05) is 26.6 Å². The van der Waals surface area contributed by atoms with Crippen LogP contribution in [0.3, 0.4) is 0 Å². The van der Waals surface area contributed by atoms with Crippen molar-refractivity contribution in [2.24, 2.45) is 0 Å². The molecule has 0 saturated carbocycles. The van der Waals surface area contributed by atoms with Crippen LogP contribution in [-0.2, 0) is 6.42 Å². The Kier molecular flexibility index (Phi) is 5.70. The van der Waals surface area contributed by atoms with Gasteiger partial charge in [0.1, 0.15) is 18.0 Å². The number of fused-ring (bicyclic) bond motifs is 2. The van der Waals surface area contributed by atoms with Gasteiger partial charge in [0.25, 0.3) is 5.56 Å². The molecule has 4 aromatic rings. The molecule has 1 aliphatic heterocycles. The molecule has 5 rings (SSSR count). The van der Waals surface area contributed by atoms with Gasteiger partial charge < -0.3 is 29.3 Å². The molecule has 170 valence electrons. The molecular formula is C24H22FN3O5. The standard InChI is InChI=1S/C24H22FN3O5/c25-5-6-26-11-17(22-23(29)24(30)28-12-27-22)7-14-1-3-15(4-2-14)18-8-16-9-20-21(32-13-31-20)10-19(16)33-18/h1-4,8-10,12,17,26,29H,5-7,11,13H2,(H,27,28,30). The molecule has 33 heavy (non-hydrogen) atoms. The smallest absolute Gasteiger partial charge is 0.293 e. The number of furan rings is 1. The Hall–Kier alpha value is -3.85. The quantitative estimate of drug-likeness (QED) is 0.352. The fourth-order valence-electron chi connectivity index (χ4n) is 3.97. The summed E-state index contributed by atoms with van der Waals surface area (Å²) in [6.45, 7) is 0.263. The van der Waals surface area contributed by atoms with Crippen molar-refractivity contribution in [2.45, 2.75) is 12.3 Å². The maximum absolute atomic E-state index is 12.6. The maximum atomic E-state index is 12.6. The Morgan fingerprint density at radius 1 is 1.15 bits per heavy atom. The van der Waals surface area contributed by atoms with Gasteiger partial charge in [-0.1, -0.05) is 24.3 Å². The number of alkyl halides is 1. The first-order valence-electron chi connectivity index (χ1n) is 10.6. The zero-order valence-electron chi connectivity index (χ0n) is 17.6. The molecule has 0 bridgehead atoms. The minimum atomic E-state index is -0.600. The number of aromatic amines is 1. The molecule has 0 spiro atoms. The van der Waals surface area contributed by atoms with E-state index in [1.54, 1.807) is 0 Å². The number of H-pyrrole nitrogens is 1. The third-order valence-electron chi connectivity index (χ3n) is 5.64. The Labute approximate surface area is 188 Å². The van der Waals surface area contributed by atoms with Crippen LogP contribution in [0.15, 0.2) is 58.0 Å². The Morgan fingerprint density at radius 2 is 1.94 bits per heavy atom. The first-order chi connectivity index (χ1) is 16.1. The lowest BCUT2D eigenvalue weighted by Crippen LogP contribution is -2.26. The molecule has 2 aromatic heterocycles. The van der Waals surface area contributed by atoms with Gasteiger partial charge in [0.05, 0.1) is 12.0 Å². The first-order valence-corrected chi connectivity index (χ1v) is 10.6. The van der Waals surface area contributed by atoms with E-state index in [1.807, 2.05) is 42.5 Å². The van der Waals surface area contributed by atoms with Crippen LogP contribution in [0.4, 0.5) is 4.39 Å². The van der Waals surface area contributed by atoms with Crippen molar-refractivity contribution in [1.82, 2.24) is 15.3 Å². The summed E-state index contributed by atoms with van der Waals surface area (Å²) in [7, 11) is 0. The van der Waals surface area contributed by atoms with Gasteiger partial charge in [-0.15, -0.1) is 0 Å². The number of benzene rings is 2. The van der Waals surface area contributed by atoms with Crippen molar-refractivity contribution in [3.05, 3.63) is 70.4 Å². The number of hydrogen-bond donors (Lipinski definition) is 3. The molecule has 0 aliphatic carbocycles. The molecule has 0 radical (unpaired) electrons. The van der Waals surface area contributed by atoms with Crippen molar-refractivity contribution in [3.8, 4) is 28.6 Å². The molecule has 0 saturated heterocycles. The van der Waals surface area contributed by atoms with E-state index < -0.39 is 18.0 Å². The van der Waals surface area contributed by atoms with Crippen molar-refractivity contribution >= 4 is 11.0 Å². The average Bonchev–Trinajstić information content (AvgIpc) is 3.45. The van der Waals surface area contributed by atoms with Crippen LogP contribution >= 0.6 is 0 Å². The summed E-state index contributed by atoms with van der Waals surface area (Å²) in [5.74, 6) is 1.37. The van der Waals surface area contributed by atoms with Crippen molar-refractivity contribution in [1.29, 1.82) is 0 Å². The van der Waals surface area contributed by atoms with E-state index in [0.29, 0.717) is 30.0 Å². The van der Waals surface area contributed by atoms with E-state index in [-0.39, 0.29) is 24.9 Å². The lowest BCUT2D eigenvalue weighted by molar-refractivity contribution is 0.174. The third-order valence-corrected chi connectivity index (χ3v) is 5.64. The predicted octanol–water partition coefficient (Wildman–Crippen LogP) is 3.50. The van der Waals surface area contributed by atoms with Gasteiger partial charge in [-0.05, 0) is 24.1 Å². The highest BCUT2D eigenvalue weighted by Gasteiger charge is 2.20. The minimum absolute atomic E-state index is 0.185. The van der Waals surface area contributed by atoms with Crippen LogP contribution in [0.25, 0.3) is 22.3 Å². The van der Waals surface area contributed by atoms with E-state index in [0.717, 1.165) is 22.3 Å². The van der Waals surface area contributed by atoms with Crippen LogP contribution < -0.4 is 20.3 Å². The number of hydrogen-bond acceptors (Lipinski definition) is 7. The lowest BCUT2D eigenvalue weighted by Gasteiger charge is -2.18. The predicted molar refractivity (Wildman–Crippen MR) is 120 cm³/mol. The Balaban J connectivity index is 1.37. The van der Waals surface area contributed by atoms with Gasteiger partial charge >= 0.3 is 0 Å². The van der Waals surface area contributed by atoms with Gasteiger partial charge in [-0.2, -0.15) is 0 Å². The summed E-state index contributed by atoms with van der Waals surface area (Å²) in [6, 6.07) is 13.5. The van der Waals surface area contributed by atoms with Gasteiger partial charge in [-0.25, -0.2) is 9.37 Å². The number of aromatic hydroxyl groups is 1. The molecule has 1 aliphatic rings. The second-order valence-electron chi connectivity index (χ2n) is 7.81. The average molecular weight is 451 g/mol.